The molecule has 4 heteroatoms. The van der Waals surface area contributed by atoms with Crippen LogP contribution >= 0.6 is 0 Å². The number of nitrogens with zero attached hydrogens (tertiary/aromatic N) is 1. The van der Waals surface area contributed by atoms with Crippen LogP contribution in [-0.4, -0.2) is 23.6 Å². The zero-order valence-electron chi connectivity index (χ0n) is 11.4. The van der Waals surface area contributed by atoms with Crippen molar-refractivity contribution in [3.05, 3.63) is 36.0 Å². The van der Waals surface area contributed by atoms with Gasteiger partial charge in [0.2, 0.25) is 5.91 Å². The van der Waals surface area contributed by atoms with E-state index in [-0.39, 0.29) is 5.91 Å². The van der Waals surface area contributed by atoms with E-state index < -0.39 is 0 Å². The van der Waals surface area contributed by atoms with Crippen molar-refractivity contribution in [3.8, 4) is 0 Å². The molecule has 1 heterocycles. The summed E-state index contributed by atoms with van der Waals surface area (Å²) in [7, 11) is 0. The summed E-state index contributed by atoms with van der Waals surface area (Å²) in [6.07, 6.45) is 3.84. The number of aromatic nitrogens is 1. The Labute approximate surface area is 113 Å². The topological polar surface area (TPSA) is 60.0 Å². The molecule has 2 rings (SSSR count). The van der Waals surface area contributed by atoms with E-state index in [9.17, 15) is 4.79 Å². The van der Waals surface area contributed by atoms with Gasteiger partial charge in [0.15, 0.2) is 0 Å². The van der Waals surface area contributed by atoms with E-state index in [1.165, 1.54) is 10.9 Å². The van der Waals surface area contributed by atoms with E-state index >= 15 is 0 Å². The number of nitrogens with one attached hydrogen (secondary N) is 1. The predicted molar refractivity (Wildman–Crippen MR) is 78.0 cm³/mol. The van der Waals surface area contributed by atoms with E-state index in [0.29, 0.717) is 13.1 Å². The second-order valence-electron chi connectivity index (χ2n) is 4.69. The molecule has 2 aromatic rings. The standard InChI is InChI=1S/C15H21N3O/c1-2-9-17-15(19)11-18-10-12(7-8-16)13-5-3-4-6-14(13)18/h3-6,10H,2,7-9,11,16H2,1H3,(H,17,19). The molecule has 1 amide bonds. The van der Waals surface area contributed by atoms with Gasteiger partial charge in [0, 0.05) is 23.6 Å². The van der Waals surface area contributed by atoms with E-state index in [0.717, 1.165) is 24.9 Å². The van der Waals surface area contributed by atoms with Crippen molar-refractivity contribution in [2.75, 3.05) is 13.1 Å². The molecule has 1 aromatic heterocycles. The fourth-order valence-corrected chi connectivity index (χ4v) is 2.28. The molecule has 0 saturated heterocycles. The second-order valence-corrected chi connectivity index (χ2v) is 4.69. The van der Waals surface area contributed by atoms with Crippen molar-refractivity contribution >= 4 is 16.8 Å². The number of nitrogens with two attached hydrogens (primary N) is 1. The maximum atomic E-state index is 11.8. The monoisotopic (exact) mass is 259 g/mol. The van der Waals surface area contributed by atoms with Crippen molar-refractivity contribution < 1.29 is 4.79 Å². The van der Waals surface area contributed by atoms with Crippen molar-refractivity contribution in [1.82, 2.24) is 9.88 Å². The van der Waals surface area contributed by atoms with E-state index in [4.69, 9.17) is 5.73 Å². The minimum Gasteiger partial charge on any atom is -0.355 e. The molecule has 0 fully saturated rings. The molecule has 3 N–H and O–H groups in total. The Kier molecular flexibility index (Phi) is 4.58. The van der Waals surface area contributed by atoms with Crippen LogP contribution in [0.25, 0.3) is 10.9 Å². The van der Waals surface area contributed by atoms with Crippen molar-refractivity contribution in [2.24, 2.45) is 5.73 Å². The van der Waals surface area contributed by atoms with Crippen LogP contribution in [-0.2, 0) is 17.8 Å². The summed E-state index contributed by atoms with van der Waals surface area (Å²) in [5, 5.41) is 4.09. The Morgan fingerprint density at radius 3 is 2.89 bits per heavy atom. The Morgan fingerprint density at radius 1 is 1.37 bits per heavy atom. The van der Waals surface area contributed by atoms with Gasteiger partial charge in [-0.3, -0.25) is 4.79 Å². The van der Waals surface area contributed by atoms with Gasteiger partial charge in [0.25, 0.3) is 0 Å². The molecule has 0 aliphatic rings. The number of carbonyl (C=O) groups excluding carboxylic acids is 1. The number of fused-ring (bicyclic) bond motifs is 1. The molecule has 102 valence electrons. The summed E-state index contributed by atoms with van der Waals surface area (Å²) < 4.78 is 2.01. The summed E-state index contributed by atoms with van der Waals surface area (Å²) in [5.74, 6) is 0.0573. The first-order chi connectivity index (χ1) is 9.26. The molecule has 0 saturated carbocycles. The second kappa shape index (κ2) is 6.38. The van der Waals surface area contributed by atoms with Crippen LogP contribution in [0.2, 0.25) is 0 Å². The summed E-state index contributed by atoms with van der Waals surface area (Å²) in [6, 6.07) is 8.14. The molecule has 0 aliphatic heterocycles. The minimum absolute atomic E-state index is 0.0573. The fourth-order valence-electron chi connectivity index (χ4n) is 2.28. The largest absolute Gasteiger partial charge is 0.355 e. The SMILES string of the molecule is CCCNC(=O)Cn1cc(CCN)c2ccccc21. The van der Waals surface area contributed by atoms with E-state index in [1.807, 2.05) is 35.9 Å². The van der Waals surface area contributed by atoms with Gasteiger partial charge in [0.05, 0.1) is 0 Å². The minimum atomic E-state index is 0.0573. The lowest BCUT2D eigenvalue weighted by atomic mass is 10.1. The zero-order chi connectivity index (χ0) is 13.7. The third-order valence-corrected chi connectivity index (χ3v) is 3.17. The number of rotatable bonds is 6. The van der Waals surface area contributed by atoms with Crippen LogP contribution in [0.1, 0.15) is 18.9 Å². The molecule has 0 bridgehead atoms. The van der Waals surface area contributed by atoms with Gasteiger partial charge in [-0.05, 0) is 31.0 Å². The van der Waals surface area contributed by atoms with Gasteiger partial charge in [-0.1, -0.05) is 25.1 Å². The zero-order valence-corrected chi connectivity index (χ0v) is 11.4. The van der Waals surface area contributed by atoms with Crippen LogP contribution in [0.5, 0.6) is 0 Å². The molecule has 0 aliphatic carbocycles. The van der Waals surface area contributed by atoms with Gasteiger partial charge in [0.1, 0.15) is 6.54 Å². The van der Waals surface area contributed by atoms with Gasteiger partial charge in [-0.15, -0.1) is 0 Å². The number of amides is 1. The highest BCUT2D eigenvalue weighted by Crippen LogP contribution is 2.21. The van der Waals surface area contributed by atoms with E-state index in [1.54, 1.807) is 0 Å². The maximum absolute atomic E-state index is 11.8. The number of benzene rings is 1. The van der Waals surface area contributed by atoms with Gasteiger partial charge in [-0.2, -0.15) is 0 Å². The van der Waals surface area contributed by atoms with Crippen LogP contribution in [0, 0.1) is 0 Å². The summed E-state index contributed by atoms with van der Waals surface area (Å²) >= 11 is 0. The van der Waals surface area contributed by atoms with Crippen LogP contribution < -0.4 is 11.1 Å². The van der Waals surface area contributed by atoms with Crippen molar-refractivity contribution in [1.29, 1.82) is 0 Å². The number of para-hydroxylation sites is 1. The number of hydrogen-bond donors (Lipinski definition) is 2. The van der Waals surface area contributed by atoms with Crippen LogP contribution in [0.15, 0.2) is 30.5 Å². The lowest BCUT2D eigenvalue weighted by Gasteiger charge is -2.06. The Balaban J connectivity index is 2.25. The van der Waals surface area contributed by atoms with Gasteiger partial charge in [-0.25, -0.2) is 0 Å². The molecule has 4 nitrogen and oxygen atoms in total. The molecular weight excluding hydrogens is 238 g/mol. The lowest BCUT2D eigenvalue weighted by Crippen LogP contribution is -2.27. The van der Waals surface area contributed by atoms with Crippen molar-refractivity contribution in [3.63, 3.8) is 0 Å². The molecule has 0 radical (unpaired) electrons. The quantitative estimate of drug-likeness (QED) is 0.829. The molecule has 1 aromatic carbocycles. The average Bonchev–Trinajstić information content (AvgIpc) is 2.76. The average molecular weight is 259 g/mol. The van der Waals surface area contributed by atoms with Crippen LogP contribution in [0.3, 0.4) is 0 Å². The first kappa shape index (κ1) is 13.6. The van der Waals surface area contributed by atoms with Gasteiger partial charge < -0.3 is 15.6 Å². The third-order valence-electron chi connectivity index (χ3n) is 3.17. The Hall–Kier alpha value is -1.81. The Morgan fingerprint density at radius 2 is 2.16 bits per heavy atom. The summed E-state index contributed by atoms with van der Waals surface area (Å²) in [4.78, 5) is 11.8. The number of carbonyl (C=O) groups is 1. The predicted octanol–water partition coefficient (Wildman–Crippen LogP) is 1.67. The Bertz CT molecular complexity index is 560. The smallest absolute Gasteiger partial charge is 0.239 e. The third kappa shape index (κ3) is 3.15. The molecule has 0 atom stereocenters. The fraction of sp³-hybridized carbons (Fsp3) is 0.400. The number of hydrogen-bond acceptors (Lipinski definition) is 2. The van der Waals surface area contributed by atoms with Crippen molar-refractivity contribution in [2.45, 2.75) is 26.3 Å². The van der Waals surface area contributed by atoms with E-state index in [2.05, 4.69) is 11.4 Å². The highest BCUT2D eigenvalue weighted by molar-refractivity contribution is 5.86. The first-order valence-electron chi connectivity index (χ1n) is 6.79. The van der Waals surface area contributed by atoms with Crippen LogP contribution in [0.4, 0.5) is 0 Å². The maximum Gasteiger partial charge on any atom is 0.239 e. The molecule has 19 heavy (non-hydrogen) atoms. The first-order valence-corrected chi connectivity index (χ1v) is 6.79. The summed E-state index contributed by atoms with van der Waals surface area (Å²) in [6.45, 7) is 3.76. The normalized spacial score (nSPS) is 10.8. The molecule has 0 spiro atoms. The summed E-state index contributed by atoms with van der Waals surface area (Å²) in [5.41, 5.74) is 7.94. The molecule has 0 unspecified atom stereocenters. The highest BCUT2D eigenvalue weighted by Gasteiger charge is 2.09. The van der Waals surface area contributed by atoms with Gasteiger partial charge >= 0.3 is 0 Å². The highest BCUT2D eigenvalue weighted by atomic mass is 16.1. The molecular formula is C15H21N3O. The lowest BCUT2D eigenvalue weighted by molar-refractivity contribution is -0.121.